The zero-order chi connectivity index (χ0) is 9.14. The highest BCUT2D eigenvalue weighted by atomic mass is 35.5. The Balaban J connectivity index is 0.00000144. The lowest BCUT2D eigenvalue weighted by Crippen LogP contribution is -2.11. The minimum atomic E-state index is 0. The van der Waals surface area contributed by atoms with Crippen LogP contribution in [0, 0.1) is 12.8 Å². The van der Waals surface area contributed by atoms with Gasteiger partial charge in [-0.25, -0.2) is 0 Å². The van der Waals surface area contributed by atoms with Crippen molar-refractivity contribution in [2.75, 3.05) is 0 Å². The zero-order valence-corrected chi connectivity index (χ0v) is 10.0. The summed E-state index contributed by atoms with van der Waals surface area (Å²) >= 11 is 1.81. The Labute approximate surface area is 90.8 Å². The van der Waals surface area contributed by atoms with E-state index in [1.807, 2.05) is 11.3 Å². The van der Waals surface area contributed by atoms with Crippen LogP contribution in [0.25, 0.3) is 0 Å². The van der Waals surface area contributed by atoms with Gasteiger partial charge in [-0.2, -0.15) is 0 Å². The van der Waals surface area contributed by atoms with Crippen molar-refractivity contribution in [1.82, 2.24) is 0 Å². The van der Waals surface area contributed by atoms with Gasteiger partial charge in [0.25, 0.3) is 0 Å². The van der Waals surface area contributed by atoms with E-state index in [9.17, 15) is 0 Å². The maximum atomic E-state index is 6.02. The highest BCUT2D eigenvalue weighted by molar-refractivity contribution is 7.12. The Morgan fingerprint density at radius 1 is 1.38 bits per heavy atom. The average Bonchev–Trinajstić information content (AvgIpc) is 2.34. The first-order valence-corrected chi connectivity index (χ1v) is 5.23. The van der Waals surface area contributed by atoms with Crippen molar-refractivity contribution in [3.8, 4) is 0 Å². The summed E-state index contributed by atoms with van der Waals surface area (Å²) in [5.74, 6) is 0.683. The Bertz CT molecular complexity index is 245. The number of aryl methyl sites for hydroxylation is 1. The van der Waals surface area contributed by atoms with Crippen LogP contribution >= 0.6 is 23.7 Å². The highest BCUT2D eigenvalue weighted by Crippen LogP contribution is 2.25. The SMILES string of the molecule is Cc1ccc(C(N)CC(C)C)s1.Cl. The minimum absolute atomic E-state index is 0. The maximum Gasteiger partial charge on any atom is 0.0392 e. The summed E-state index contributed by atoms with van der Waals surface area (Å²) in [5.41, 5.74) is 6.02. The number of hydrogen-bond donors (Lipinski definition) is 1. The van der Waals surface area contributed by atoms with Crippen molar-refractivity contribution >= 4 is 23.7 Å². The molecule has 0 aliphatic rings. The second kappa shape index (κ2) is 5.63. The van der Waals surface area contributed by atoms with Gasteiger partial charge in [0.1, 0.15) is 0 Å². The van der Waals surface area contributed by atoms with Crippen LogP contribution in [0.15, 0.2) is 12.1 Å². The molecular formula is C10H18ClNS. The van der Waals surface area contributed by atoms with Gasteiger partial charge < -0.3 is 5.73 Å². The third kappa shape index (κ3) is 4.12. The van der Waals surface area contributed by atoms with Crippen molar-refractivity contribution < 1.29 is 0 Å². The molecule has 0 saturated heterocycles. The van der Waals surface area contributed by atoms with Gasteiger partial charge in [-0.05, 0) is 31.4 Å². The number of hydrogen-bond acceptors (Lipinski definition) is 2. The molecular weight excluding hydrogens is 202 g/mol. The first kappa shape index (κ1) is 12.9. The fourth-order valence-electron chi connectivity index (χ4n) is 1.28. The molecule has 13 heavy (non-hydrogen) atoms. The van der Waals surface area contributed by atoms with E-state index in [-0.39, 0.29) is 18.4 Å². The average molecular weight is 220 g/mol. The van der Waals surface area contributed by atoms with Crippen LogP contribution in [0.3, 0.4) is 0 Å². The third-order valence-corrected chi connectivity index (χ3v) is 2.98. The molecule has 1 heterocycles. The standard InChI is InChI=1S/C10H17NS.ClH/c1-7(2)6-9(11)10-5-4-8(3)12-10;/h4-5,7,9H,6,11H2,1-3H3;1H. The van der Waals surface area contributed by atoms with E-state index in [1.54, 1.807) is 0 Å². The lowest BCUT2D eigenvalue weighted by molar-refractivity contribution is 0.515. The van der Waals surface area contributed by atoms with Gasteiger partial charge >= 0.3 is 0 Å². The van der Waals surface area contributed by atoms with E-state index in [2.05, 4.69) is 32.9 Å². The Morgan fingerprint density at radius 2 is 2.00 bits per heavy atom. The summed E-state index contributed by atoms with van der Waals surface area (Å²) in [4.78, 5) is 2.67. The Morgan fingerprint density at radius 3 is 2.38 bits per heavy atom. The normalized spacial score (nSPS) is 12.7. The number of nitrogens with two attached hydrogens (primary N) is 1. The van der Waals surface area contributed by atoms with E-state index in [1.165, 1.54) is 9.75 Å². The molecule has 1 unspecified atom stereocenters. The van der Waals surface area contributed by atoms with Crippen LogP contribution in [0.1, 0.15) is 36.1 Å². The van der Waals surface area contributed by atoms with Crippen LogP contribution in [-0.4, -0.2) is 0 Å². The number of rotatable bonds is 3. The lowest BCUT2D eigenvalue weighted by Gasteiger charge is -2.11. The predicted molar refractivity (Wildman–Crippen MR) is 62.7 cm³/mol. The molecule has 0 amide bonds. The summed E-state index contributed by atoms with van der Waals surface area (Å²) in [6.45, 7) is 6.54. The van der Waals surface area contributed by atoms with E-state index in [4.69, 9.17) is 5.73 Å². The van der Waals surface area contributed by atoms with Crippen molar-refractivity contribution in [2.45, 2.75) is 33.2 Å². The number of thiophene rings is 1. The van der Waals surface area contributed by atoms with Crippen LogP contribution in [0.2, 0.25) is 0 Å². The monoisotopic (exact) mass is 219 g/mol. The van der Waals surface area contributed by atoms with Crippen molar-refractivity contribution in [3.63, 3.8) is 0 Å². The molecule has 1 aromatic rings. The molecule has 1 rings (SSSR count). The van der Waals surface area contributed by atoms with Gasteiger partial charge in [0.15, 0.2) is 0 Å². The first-order valence-electron chi connectivity index (χ1n) is 4.41. The third-order valence-electron chi connectivity index (χ3n) is 1.85. The molecule has 0 fully saturated rings. The first-order chi connectivity index (χ1) is 5.59. The predicted octanol–water partition coefficient (Wildman–Crippen LogP) is 3.52. The van der Waals surface area contributed by atoms with Gasteiger partial charge in [0.2, 0.25) is 0 Å². The summed E-state index contributed by atoms with van der Waals surface area (Å²) in [6.07, 6.45) is 1.08. The Hall–Kier alpha value is -0.0500. The molecule has 0 aliphatic carbocycles. The van der Waals surface area contributed by atoms with Gasteiger partial charge in [-0.1, -0.05) is 13.8 Å². The molecule has 0 aliphatic heterocycles. The highest BCUT2D eigenvalue weighted by Gasteiger charge is 2.09. The summed E-state index contributed by atoms with van der Waals surface area (Å²) in [6, 6.07) is 4.52. The second-order valence-corrected chi connectivity index (χ2v) is 5.00. The van der Waals surface area contributed by atoms with Crippen LogP contribution in [-0.2, 0) is 0 Å². The fourth-order valence-corrected chi connectivity index (χ4v) is 2.17. The molecule has 76 valence electrons. The molecule has 0 bridgehead atoms. The Kier molecular flexibility index (Phi) is 5.61. The molecule has 1 nitrogen and oxygen atoms in total. The largest absolute Gasteiger partial charge is 0.323 e. The summed E-state index contributed by atoms with van der Waals surface area (Å²) in [7, 11) is 0. The molecule has 2 N–H and O–H groups in total. The molecule has 1 atom stereocenters. The summed E-state index contributed by atoms with van der Waals surface area (Å²) in [5, 5.41) is 0. The molecule has 0 saturated carbocycles. The topological polar surface area (TPSA) is 26.0 Å². The molecule has 1 aromatic heterocycles. The van der Waals surface area contributed by atoms with E-state index >= 15 is 0 Å². The summed E-state index contributed by atoms with van der Waals surface area (Å²) < 4.78 is 0. The van der Waals surface area contributed by atoms with Gasteiger partial charge in [-0.15, -0.1) is 23.7 Å². The smallest absolute Gasteiger partial charge is 0.0392 e. The maximum absolute atomic E-state index is 6.02. The molecule has 0 spiro atoms. The molecule has 0 aromatic carbocycles. The van der Waals surface area contributed by atoms with Crippen LogP contribution in [0.4, 0.5) is 0 Å². The zero-order valence-electron chi connectivity index (χ0n) is 8.41. The van der Waals surface area contributed by atoms with E-state index in [0.29, 0.717) is 5.92 Å². The lowest BCUT2D eigenvalue weighted by atomic mass is 10.0. The second-order valence-electron chi connectivity index (χ2n) is 3.68. The molecule has 3 heteroatoms. The van der Waals surface area contributed by atoms with E-state index < -0.39 is 0 Å². The quantitative estimate of drug-likeness (QED) is 0.827. The van der Waals surface area contributed by atoms with Gasteiger partial charge in [0.05, 0.1) is 0 Å². The fraction of sp³-hybridized carbons (Fsp3) is 0.600. The molecule has 0 radical (unpaired) electrons. The van der Waals surface area contributed by atoms with Crippen LogP contribution < -0.4 is 5.73 Å². The van der Waals surface area contributed by atoms with Crippen LogP contribution in [0.5, 0.6) is 0 Å². The van der Waals surface area contributed by atoms with Gasteiger partial charge in [0, 0.05) is 15.8 Å². The number of halogens is 1. The van der Waals surface area contributed by atoms with E-state index in [0.717, 1.165) is 6.42 Å². The van der Waals surface area contributed by atoms with Crippen molar-refractivity contribution in [3.05, 3.63) is 21.9 Å². The van der Waals surface area contributed by atoms with Gasteiger partial charge in [-0.3, -0.25) is 0 Å². The minimum Gasteiger partial charge on any atom is -0.323 e. The van der Waals surface area contributed by atoms with Crippen molar-refractivity contribution in [2.24, 2.45) is 11.7 Å². The van der Waals surface area contributed by atoms with Crippen molar-refractivity contribution in [1.29, 1.82) is 0 Å².